The molecule has 1 aliphatic heterocycles. The van der Waals surface area contributed by atoms with Gasteiger partial charge in [0, 0.05) is 5.54 Å². The van der Waals surface area contributed by atoms with Crippen molar-refractivity contribution in [3.05, 3.63) is 0 Å². The van der Waals surface area contributed by atoms with Gasteiger partial charge in [-0.1, -0.05) is 19.8 Å². The fraction of sp³-hybridized carbons (Fsp3) is 0.800. The van der Waals surface area contributed by atoms with Gasteiger partial charge in [-0.3, -0.25) is 14.5 Å². The molecule has 1 saturated heterocycles. The van der Waals surface area contributed by atoms with Crippen LogP contribution in [0.3, 0.4) is 0 Å². The second kappa shape index (κ2) is 5.31. The third-order valence-corrected chi connectivity index (χ3v) is 4.32. The summed E-state index contributed by atoms with van der Waals surface area (Å²) in [6.07, 6.45) is 3.60. The molecule has 6 nitrogen and oxygen atoms in total. The smallest absolute Gasteiger partial charge is 0.325 e. The van der Waals surface area contributed by atoms with Crippen LogP contribution < -0.4 is 10.6 Å². The first-order valence-corrected chi connectivity index (χ1v) is 7.61. The second-order valence-corrected chi connectivity index (χ2v) is 7.24. The fourth-order valence-corrected chi connectivity index (χ4v) is 3.24. The topological polar surface area (TPSA) is 78.5 Å². The Kier molecular flexibility index (Phi) is 4.00. The van der Waals surface area contributed by atoms with Crippen molar-refractivity contribution >= 4 is 17.8 Å². The Morgan fingerprint density at radius 3 is 2.62 bits per heavy atom. The zero-order chi connectivity index (χ0) is 15.8. The van der Waals surface area contributed by atoms with Gasteiger partial charge in [0.25, 0.3) is 5.91 Å². The molecule has 1 aliphatic carbocycles. The van der Waals surface area contributed by atoms with Crippen LogP contribution in [0.25, 0.3) is 0 Å². The lowest BCUT2D eigenvalue weighted by molar-refractivity contribution is -0.137. The van der Waals surface area contributed by atoms with Crippen LogP contribution in [0.4, 0.5) is 4.79 Å². The number of nitrogens with one attached hydrogen (secondary N) is 2. The molecule has 2 aliphatic rings. The van der Waals surface area contributed by atoms with E-state index in [1.165, 1.54) is 0 Å². The van der Waals surface area contributed by atoms with E-state index >= 15 is 0 Å². The number of carbonyl (C=O) groups excluding carboxylic acids is 3. The molecule has 6 heteroatoms. The molecule has 2 rings (SSSR count). The molecule has 2 N–H and O–H groups in total. The second-order valence-electron chi connectivity index (χ2n) is 7.24. The summed E-state index contributed by atoms with van der Waals surface area (Å²) in [4.78, 5) is 37.8. The molecule has 2 atom stereocenters. The Labute approximate surface area is 125 Å². The number of hydrogen-bond donors (Lipinski definition) is 2. The van der Waals surface area contributed by atoms with Crippen LogP contribution in [0.5, 0.6) is 0 Å². The molecule has 0 radical (unpaired) electrons. The third-order valence-electron chi connectivity index (χ3n) is 4.32. The van der Waals surface area contributed by atoms with Crippen LogP contribution in [-0.4, -0.2) is 40.4 Å². The van der Waals surface area contributed by atoms with Crippen LogP contribution >= 0.6 is 0 Å². The minimum atomic E-state index is -0.794. The molecule has 4 amide bonds. The highest BCUT2D eigenvalue weighted by atomic mass is 16.2. The van der Waals surface area contributed by atoms with Crippen LogP contribution in [0.15, 0.2) is 0 Å². The van der Waals surface area contributed by atoms with Crippen molar-refractivity contribution in [2.75, 3.05) is 6.54 Å². The summed E-state index contributed by atoms with van der Waals surface area (Å²) in [5.74, 6) is -0.450. The average Bonchev–Trinajstić information content (AvgIpc) is 2.56. The predicted octanol–water partition coefficient (Wildman–Crippen LogP) is 1.40. The molecule has 1 spiro atoms. The van der Waals surface area contributed by atoms with Gasteiger partial charge in [-0.15, -0.1) is 0 Å². The maximum Gasteiger partial charge on any atom is 0.325 e. The lowest BCUT2D eigenvalue weighted by Gasteiger charge is -2.36. The molecular weight excluding hydrogens is 270 g/mol. The molecule has 0 aromatic rings. The van der Waals surface area contributed by atoms with E-state index in [-0.39, 0.29) is 29.8 Å². The van der Waals surface area contributed by atoms with E-state index in [4.69, 9.17) is 0 Å². The van der Waals surface area contributed by atoms with E-state index in [0.29, 0.717) is 6.42 Å². The van der Waals surface area contributed by atoms with Gasteiger partial charge in [-0.05, 0) is 39.5 Å². The number of carbonyl (C=O) groups is 3. The molecular formula is C15H25N3O3. The maximum atomic E-state index is 12.7. The van der Waals surface area contributed by atoms with Gasteiger partial charge in [0.05, 0.1) is 0 Å². The Morgan fingerprint density at radius 2 is 2.05 bits per heavy atom. The van der Waals surface area contributed by atoms with Gasteiger partial charge in [-0.25, -0.2) is 4.79 Å². The summed E-state index contributed by atoms with van der Waals surface area (Å²) in [7, 11) is 0. The summed E-state index contributed by atoms with van der Waals surface area (Å²) in [5.41, 5.74) is -1.18. The van der Waals surface area contributed by atoms with Crippen molar-refractivity contribution in [3.8, 4) is 0 Å². The fourth-order valence-electron chi connectivity index (χ4n) is 3.24. The van der Waals surface area contributed by atoms with Crippen LogP contribution in [0.2, 0.25) is 0 Å². The Hall–Kier alpha value is -1.59. The summed E-state index contributed by atoms with van der Waals surface area (Å²) in [6, 6.07) is -0.446. The van der Waals surface area contributed by atoms with Gasteiger partial charge >= 0.3 is 6.03 Å². The Bertz CT molecular complexity index is 469. The van der Waals surface area contributed by atoms with Crippen molar-refractivity contribution in [1.82, 2.24) is 15.5 Å². The van der Waals surface area contributed by atoms with Gasteiger partial charge in [0.15, 0.2) is 0 Å². The zero-order valence-corrected chi connectivity index (χ0v) is 13.3. The first kappa shape index (κ1) is 15.8. The third kappa shape index (κ3) is 3.04. The SMILES string of the molecule is C[C@@H]1CCCC[C@]12NC(=O)N(CC(=O)NC(C)(C)C)C2=O. The van der Waals surface area contributed by atoms with E-state index in [9.17, 15) is 14.4 Å². The monoisotopic (exact) mass is 295 g/mol. The van der Waals surface area contributed by atoms with Gasteiger partial charge in [0.1, 0.15) is 12.1 Å². The van der Waals surface area contributed by atoms with Crippen molar-refractivity contribution in [2.45, 2.75) is 64.5 Å². The predicted molar refractivity (Wildman–Crippen MR) is 78.5 cm³/mol. The largest absolute Gasteiger partial charge is 0.350 e. The highest BCUT2D eigenvalue weighted by Crippen LogP contribution is 2.38. The van der Waals surface area contributed by atoms with Crippen LogP contribution in [0.1, 0.15) is 53.4 Å². The molecule has 1 saturated carbocycles. The van der Waals surface area contributed by atoms with Gasteiger partial charge in [-0.2, -0.15) is 0 Å². The summed E-state index contributed by atoms with van der Waals surface area (Å²) >= 11 is 0. The highest BCUT2D eigenvalue weighted by Gasteiger charge is 2.55. The molecule has 0 aromatic heterocycles. The minimum absolute atomic E-state index is 0.110. The minimum Gasteiger partial charge on any atom is -0.350 e. The molecule has 1 heterocycles. The number of rotatable bonds is 2. The van der Waals surface area contributed by atoms with E-state index in [0.717, 1.165) is 24.2 Å². The lowest BCUT2D eigenvalue weighted by atomic mass is 9.73. The van der Waals surface area contributed by atoms with Crippen LogP contribution in [0, 0.1) is 5.92 Å². The molecule has 21 heavy (non-hydrogen) atoms. The first-order valence-electron chi connectivity index (χ1n) is 7.61. The number of nitrogens with zero attached hydrogens (tertiary/aromatic N) is 1. The number of urea groups is 1. The average molecular weight is 295 g/mol. The Morgan fingerprint density at radius 1 is 1.38 bits per heavy atom. The quantitative estimate of drug-likeness (QED) is 0.756. The highest BCUT2D eigenvalue weighted by molar-refractivity contribution is 6.09. The van der Waals surface area contributed by atoms with Gasteiger partial charge in [0.2, 0.25) is 5.91 Å². The lowest BCUT2D eigenvalue weighted by Crippen LogP contribution is -2.54. The molecule has 0 aromatic carbocycles. The zero-order valence-electron chi connectivity index (χ0n) is 13.3. The standard InChI is InChI=1S/C15H25N3O3/c1-10-7-5-6-8-15(10)12(20)18(13(21)17-15)9-11(19)16-14(2,3)4/h10H,5-9H2,1-4H3,(H,16,19)(H,17,21)/t10-,15+/m1/s1. The van der Waals surface area contributed by atoms with Crippen molar-refractivity contribution in [2.24, 2.45) is 5.92 Å². The van der Waals surface area contributed by atoms with Crippen molar-refractivity contribution in [1.29, 1.82) is 0 Å². The molecule has 0 unspecified atom stereocenters. The Balaban J connectivity index is 2.10. The molecule has 0 bridgehead atoms. The van der Waals surface area contributed by atoms with E-state index in [1.54, 1.807) is 0 Å². The normalized spacial score (nSPS) is 29.7. The number of imide groups is 1. The summed E-state index contributed by atoms with van der Waals surface area (Å²) in [5, 5.41) is 5.62. The van der Waals surface area contributed by atoms with Crippen molar-refractivity contribution in [3.63, 3.8) is 0 Å². The van der Waals surface area contributed by atoms with Gasteiger partial charge < -0.3 is 10.6 Å². The molecule has 2 fully saturated rings. The van der Waals surface area contributed by atoms with Crippen molar-refractivity contribution < 1.29 is 14.4 Å². The number of amides is 4. The summed E-state index contributed by atoms with van der Waals surface area (Å²) in [6.45, 7) is 7.37. The maximum absolute atomic E-state index is 12.7. The van der Waals surface area contributed by atoms with Crippen LogP contribution in [-0.2, 0) is 9.59 Å². The summed E-state index contributed by atoms with van der Waals surface area (Å²) < 4.78 is 0. The van der Waals surface area contributed by atoms with E-state index < -0.39 is 11.6 Å². The van der Waals surface area contributed by atoms with E-state index in [1.807, 2.05) is 27.7 Å². The van der Waals surface area contributed by atoms with E-state index in [2.05, 4.69) is 10.6 Å². The first-order chi connectivity index (χ1) is 9.66. The number of hydrogen-bond acceptors (Lipinski definition) is 3. The molecule has 118 valence electrons.